The maximum Gasteiger partial charge on any atom is 0.123 e. The van der Waals surface area contributed by atoms with Crippen LogP contribution in [0.1, 0.15) is 38.3 Å². The third-order valence-corrected chi connectivity index (χ3v) is 3.27. The largest absolute Gasteiger partial charge is 0.345 e. The number of hydrogen-bond donors (Lipinski definition) is 1. The average molecular weight is 234 g/mol. The van der Waals surface area contributed by atoms with Gasteiger partial charge in [-0.1, -0.05) is 6.92 Å². The maximum absolute atomic E-state index is 13.4. The number of nitrogens with zero attached hydrogens (tertiary/aromatic N) is 1. The second kappa shape index (κ2) is 4.49. The fourth-order valence-electron chi connectivity index (χ4n) is 2.20. The van der Waals surface area contributed by atoms with Gasteiger partial charge in [-0.05, 0) is 50.1 Å². The van der Waals surface area contributed by atoms with Crippen LogP contribution in [0.2, 0.25) is 0 Å². The summed E-state index contributed by atoms with van der Waals surface area (Å²) in [7, 11) is 0. The van der Waals surface area contributed by atoms with Gasteiger partial charge in [0.05, 0.1) is 0 Å². The summed E-state index contributed by atoms with van der Waals surface area (Å²) >= 11 is 0. The molecular weight excluding hydrogens is 215 g/mol. The predicted molar refractivity (Wildman–Crippen MR) is 69.8 cm³/mol. The van der Waals surface area contributed by atoms with E-state index >= 15 is 0 Å². The van der Waals surface area contributed by atoms with Crippen molar-refractivity contribution in [1.82, 2.24) is 4.57 Å². The minimum Gasteiger partial charge on any atom is -0.345 e. The molecule has 0 amide bonds. The van der Waals surface area contributed by atoms with Gasteiger partial charge in [-0.2, -0.15) is 0 Å². The van der Waals surface area contributed by atoms with Gasteiger partial charge in [-0.3, -0.25) is 0 Å². The maximum atomic E-state index is 13.4. The van der Waals surface area contributed by atoms with Crippen LogP contribution in [0.5, 0.6) is 0 Å². The number of rotatable bonds is 3. The van der Waals surface area contributed by atoms with Crippen molar-refractivity contribution >= 4 is 10.9 Å². The molecule has 0 aliphatic heterocycles. The van der Waals surface area contributed by atoms with Crippen LogP contribution in [0.3, 0.4) is 0 Å². The number of halogens is 1. The molecule has 0 aliphatic rings. The molecule has 2 N–H and O–H groups in total. The zero-order chi connectivity index (χ0) is 12.6. The second-order valence-electron chi connectivity index (χ2n) is 4.88. The fraction of sp³-hybridized carbons (Fsp3) is 0.429. The zero-order valence-electron chi connectivity index (χ0n) is 10.6. The number of aromatic nitrogens is 1. The molecule has 3 heteroatoms. The molecule has 1 aromatic heterocycles. The minimum absolute atomic E-state index is 0.190. The van der Waals surface area contributed by atoms with Crippen LogP contribution in [0.15, 0.2) is 24.4 Å². The third-order valence-electron chi connectivity index (χ3n) is 3.27. The molecule has 0 radical (unpaired) electrons. The van der Waals surface area contributed by atoms with Gasteiger partial charge < -0.3 is 10.3 Å². The van der Waals surface area contributed by atoms with Crippen molar-refractivity contribution in [2.24, 2.45) is 5.73 Å². The molecular formula is C14H19FN2. The average Bonchev–Trinajstić information content (AvgIpc) is 2.66. The lowest BCUT2D eigenvalue weighted by atomic mass is 10.0. The number of nitrogens with two attached hydrogens (primary N) is 1. The molecule has 17 heavy (non-hydrogen) atoms. The van der Waals surface area contributed by atoms with Crippen molar-refractivity contribution in [3.05, 3.63) is 35.8 Å². The fourth-order valence-corrected chi connectivity index (χ4v) is 2.20. The lowest BCUT2D eigenvalue weighted by Crippen LogP contribution is -2.08. The molecule has 0 aliphatic carbocycles. The van der Waals surface area contributed by atoms with Crippen LogP contribution in [0, 0.1) is 5.82 Å². The highest BCUT2D eigenvalue weighted by molar-refractivity contribution is 5.84. The Labute approximate surface area is 101 Å². The number of fused-ring (bicyclic) bond motifs is 1. The minimum atomic E-state index is -0.190. The van der Waals surface area contributed by atoms with Crippen molar-refractivity contribution in [3.63, 3.8) is 0 Å². The predicted octanol–water partition coefficient (Wildman–Crippen LogP) is 3.42. The molecule has 1 aromatic carbocycles. The highest BCUT2D eigenvalue weighted by Crippen LogP contribution is 2.30. The van der Waals surface area contributed by atoms with Crippen molar-refractivity contribution < 1.29 is 4.39 Å². The Hall–Kier alpha value is -1.35. The van der Waals surface area contributed by atoms with Crippen molar-refractivity contribution in [2.45, 2.75) is 32.7 Å². The summed E-state index contributed by atoms with van der Waals surface area (Å²) in [5.41, 5.74) is 7.93. The van der Waals surface area contributed by atoms with E-state index in [-0.39, 0.29) is 11.7 Å². The first kappa shape index (κ1) is 12.1. The van der Waals surface area contributed by atoms with Gasteiger partial charge in [0.1, 0.15) is 5.82 Å². The zero-order valence-corrected chi connectivity index (χ0v) is 10.6. The quantitative estimate of drug-likeness (QED) is 0.866. The van der Waals surface area contributed by atoms with Gasteiger partial charge in [0.15, 0.2) is 0 Å². The summed E-state index contributed by atoms with van der Waals surface area (Å²) in [6.07, 6.45) is 2.10. The Morgan fingerprint density at radius 3 is 2.59 bits per heavy atom. The van der Waals surface area contributed by atoms with E-state index in [2.05, 4.69) is 31.5 Å². The van der Waals surface area contributed by atoms with Crippen LogP contribution in [-0.4, -0.2) is 11.1 Å². The van der Waals surface area contributed by atoms with E-state index in [1.54, 1.807) is 6.07 Å². The summed E-state index contributed by atoms with van der Waals surface area (Å²) in [4.78, 5) is 0. The normalized spacial score (nSPS) is 13.5. The first-order chi connectivity index (χ1) is 8.04. The second-order valence-corrected chi connectivity index (χ2v) is 4.88. The first-order valence-corrected chi connectivity index (χ1v) is 6.04. The molecule has 92 valence electrons. The third kappa shape index (κ3) is 2.07. The summed E-state index contributed by atoms with van der Waals surface area (Å²) in [6.45, 7) is 6.90. The molecule has 0 spiro atoms. The first-order valence-electron chi connectivity index (χ1n) is 6.04. The topological polar surface area (TPSA) is 30.9 Å². The van der Waals surface area contributed by atoms with E-state index in [0.29, 0.717) is 12.6 Å². The Balaban J connectivity index is 2.71. The van der Waals surface area contributed by atoms with Gasteiger partial charge in [0.25, 0.3) is 0 Å². The van der Waals surface area contributed by atoms with Crippen LogP contribution >= 0.6 is 0 Å². The summed E-state index contributed by atoms with van der Waals surface area (Å²) in [5, 5.41) is 0.983. The van der Waals surface area contributed by atoms with Crippen LogP contribution in [0.4, 0.5) is 4.39 Å². The molecule has 1 unspecified atom stereocenters. The molecule has 0 saturated heterocycles. The SMILES string of the molecule is CC(CN)c1cn(C(C)C)c2ccc(F)cc12. The smallest absolute Gasteiger partial charge is 0.123 e. The van der Waals surface area contributed by atoms with Crippen LogP contribution in [0.25, 0.3) is 10.9 Å². The Bertz CT molecular complexity index is 528. The number of benzene rings is 1. The van der Waals surface area contributed by atoms with Crippen LogP contribution in [-0.2, 0) is 0 Å². The van der Waals surface area contributed by atoms with Crippen molar-refractivity contribution in [3.8, 4) is 0 Å². The van der Waals surface area contributed by atoms with Gasteiger partial charge in [0, 0.05) is 23.1 Å². The molecule has 2 nitrogen and oxygen atoms in total. The summed E-state index contributed by atoms with van der Waals surface area (Å²) in [5.74, 6) is 0.0591. The van der Waals surface area contributed by atoms with E-state index in [1.807, 2.05) is 6.07 Å². The monoisotopic (exact) mass is 234 g/mol. The number of hydrogen-bond acceptors (Lipinski definition) is 1. The van der Waals surface area contributed by atoms with Crippen molar-refractivity contribution in [1.29, 1.82) is 0 Å². The molecule has 0 fully saturated rings. The van der Waals surface area contributed by atoms with E-state index < -0.39 is 0 Å². The van der Waals surface area contributed by atoms with Gasteiger partial charge in [0.2, 0.25) is 0 Å². The molecule has 0 saturated carbocycles. The highest BCUT2D eigenvalue weighted by atomic mass is 19.1. The van der Waals surface area contributed by atoms with Gasteiger partial charge in [-0.15, -0.1) is 0 Å². The van der Waals surface area contributed by atoms with Crippen molar-refractivity contribution in [2.75, 3.05) is 6.54 Å². The Kier molecular flexibility index (Phi) is 3.20. The van der Waals surface area contributed by atoms with E-state index in [4.69, 9.17) is 5.73 Å². The Morgan fingerprint density at radius 2 is 2.00 bits per heavy atom. The lowest BCUT2D eigenvalue weighted by Gasteiger charge is -2.08. The standard InChI is InChI=1S/C14H19FN2/c1-9(2)17-8-13(10(3)7-16)12-6-11(15)4-5-14(12)17/h4-6,8-10H,7,16H2,1-3H3. The molecule has 2 aromatic rings. The van der Waals surface area contributed by atoms with Crippen LogP contribution < -0.4 is 5.73 Å². The van der Waals surface area contributed by atoms with E-state index in [0.717, 1.165) is 16.5 Å². The molecule has 1 heterocycles. The molecule has 1 atom stereocenters. The molecule has 0 bridgehead atoms. The lowest BCUT2D eigenvalue weighted by molar-refractivity contribution is 0.615. The molecule has 2 rings (SSSR count). The summed E-state index contributed by atoms with van der Waals surface area (Å²) in [6, 6.07) is 5.33. The van der Waals surface area contributed by atoms with Gasteiger partial charge >= 0.3 is 0 Å². The summed E-state index contributed by atoms with van der Waals surface area (Å²) < 4.78 is 15.5. The van der Waals surface area contributed by atoms with E-state index in [1.165, 1.54) is 6.07 Å². The highest BCUT2D eigenvalue weighted by Gasteiger charge is 2.15. The van der Waals surface area contributed by atoms with Gasteiger partial charge in [-0.25, -0.2) is 4.39 Å². The van der Waals surface area contributed by atoms with E-state index in [9.17, 15) is 4.39 Å². The Morgan fingerprint density at radius 1 is 1.29 bits per heavy atom.